The zero-order chi connectivity index (χ0) is 28.1. The summed E-state index contributed by atoms with van der Waals surface area (Å²) in [4.78, 5) is 26.9. The van der Waals surface area contributed by atoms with Gasteiger partial charge in [0.05, 0.1) is 7.11 Å². The summed E-state index contributed by atoms with van der Waals surface area (Å²) in [7, 11) is 1.60. The van der Waals surface area contributed by atoms with Crippen molar-refractivity contribution >= 4 is 12.1 Å². The van der Waals surface area contributed by atoms with E-state index < -0.39 is 11.7 Å². The molecule has 39 heavy (non-hydrogen) atoms. The standard InChI is InChI=1S/C31H39N3O5/c1-31(2,3)39-30(36)32-18-11-19-34(29(35)33-21-24-12-7-5-8-13-24)22-26-16-17-27(28(20-26)37-4)38-23-25-14-9-6-10-15-25/h5-10,12-17,20H,11,18-19,21-23H2,1-4H3,(H,32,36)(H,33,35). The molecule has 0 fully saturated rings. The SMILES string of the molecule is COc1cc(CN(CCCNC(=O)OC(C)(C)C)C(=O)NCc2ccccc2)ccc1OCc1ccccc1. The van der Waals surface area contributed by atoms with Gasteiger partial charge in [0.25, 0.3) is 0 Å². The molecule has 0 heterocycles. The molecule has 8 heteroatoms. The fourth-order valence-electron chi connectivity index (χ4n) is 3.80. The molecule has 0 aliphatic heterocycles. The lowest BCUT2D eigenvalue weighted by molar-refractivity contribution is 0.0526. The lowest BCUT2D eigenvalue weighted by atomic mass is 10.1. The van der Waals surface area contributed by atoms with Crippen LogP contribution in [-0.2, 0) is 24.4 Å². The van der Waals surface area contributed by atoms with Gasteiger partial charge in [-0.1, -0.05) is 66.7 Å². The van der Waals surface area contributed by atoms with Gasteiger partial charge in [-0.3, -0.25) is 0 Å². The largest absolute Gasteiger partial charge is 0.493 e. The van der Waals surface area contributed by atoms with Crippen molar-refractivity contribution in [1.29, 1.82) is 0 Å². The van der Waals surface area contributed by atoms with E-state index in [2.05, 4.69) is 10.6 Å². The molecule has 3 rings (SSSR count). The minimum Gasteiger partial charge on any atom is -0.493 e. The van der Waals surface area contributed by atoms with Crippen molar-refractivity contribution in [3.8, 4) is 11.5 Å². The van der Waals surface area contributed by atoms with Gasteiger partial charge in [-0.25, -0.2) is 9.59 Å². The summed E-state index contributed by atoms with van der Waals surface area (Å²) < 4.78 is 16.8. The molecule has 0 aromatic heterocycles. The van der Waals surface area contributed by atoms with E-state index in [0.29, 0.717) is 50.7 Å². The molecule has 0 aliphatic carbocycles. The van der Waals surface area contributed by atoms with Gasteiger partial charge >= 0.3 is 12.1 Å². The van der Waals surface area contributed by atoms with Crippen LogP contribution >= 0.6 is 0 Å². The number of amides is 3. The van der Waals surface area contributed by atoms with Crippen LogP contribution in [0.15, 0.2) is 78.9 Å². The van der Waals surface area contributed by atoms with Gasteiger partial charge in [-0.2, -0.15) is 0 Å². The number of carbonyl (C=O) groups excluding carboxylic acids is 2. The quantitative estimate of drug-likeness (QED) is 0.283. The van der Waals surface area contributed by atoms with Gasteiger partial charge in [0, 0.05) is 26.2 Å². The highest BCUT2D eigenvalue weighted by atomic mass is 16.6. The van der Waals surface area contributed by atoms with E-state index in [9.17, 15) is 9.59 Å². The number of nitrogens with one attached hydrogen (secondary N) is 2. The number of hydrogen-bond acceptors (Lipinski definition) is 5. The maximum Gasteiger partial charge on any atom is 0.407 e. The first-order valence-corrected chi connectivity index (χ1v) is 13.1. The van der Waals surface area contributed by atoms with Crippen molar-refractivity contribution < 1.29 is 23.8 Å². The number of methoxy groups -OCH3 is 1. The number of urea groups is 1. The Balaban J connectivity index is 1.63. The van der Waals surface area contributed by atoms with Gasteiger partial charge in [0.15, 0.2) is 11.5 Å². The summed E-state index contributed by atoms with van der Waals surface area (Å²) in [6.07, 6.45) is 0.0892. The second-order valence-electron chi connectivity index (χ2n) is 10.1. The molecule has 2 N–H and O–H groups in total. The molecule has 0 aliphatic rings. The monoisotopic (exact) mass is 533 g/mol. The molecule has 3 amide bonds. The van der Waals surface area contributed by atoms with Gasteiger partial charge in [0.1, 0.15) is 12.2 Å². The molecule has 0 atom stereocenters. The van der Waals surface area contributed by atoms with Crippen LogP contribution in [0.5, 0.6) is 11.5 Å². The molecule has 0 saturated carbocycles. The highest BCUT2D eigenvalue weighted by Gasteiger charge is 2.18. The van der Waals surface area contributed by atoms with Crippen LogP contribution in [0.1, 0.15) is 43.9 Å². The summed E-state index contributed by atoms with van der Waals surface area (Å²) in [6, 6.07) is 25.2. The average molecular weight is 534 g/mol. The highest BCUT2D eigenvalue weighted by molar-refractivity contribution is 5.74. The summed E-state index contributed by atoms with van der Waals surface area (Å²) in [6.45, 7) is 7.48. The number of carbonyl (C=O) groups is 2. The number of alkyl carbamates (subject to hydrolysis) is 1. The Hall–Kier alpha value is -4.20. The first-order valence-electron chi connectivity index (χ1n) is 13.1. The van der Waals surface area contributed by atoms with E-state index in [1.165, 1.54) is 0 Å². The zero-order valence-corrected chi connectivity index (χ0v) is 23.2. The lowest BCUT2D eigenvalue weighted by Crippen LogP contribution is -2.41. The smallest absolute Gasteiger partial charge is 0.407 e. The van der Waals surface area contributed by atoms with Crippen molar-refractivity contribution in [2.45, 2.75) is 52.5 Å². The molecule has 208 valence electrons. The Labute approximate surface area is 231 Å². The summed E-state index contributed by atoms with van der Waals surface area (Å²) in [5, 5.41) is 5.75. The fourth-order valence-corrected chi connectivity index (χ4v) is 3.80. The molecule has 3 aromatic carbocycles. The second-order valence-corrected chi connectivity index (χ2v) is 10.1. The highest BCUT2D eigenvalue weighted by Crippen LogP contribution is 2.29. The van der Waals surface area contributed by atoms with Crippen LogP contribution in [0, 0.1) is 0 Å². The molecule has 0 radical (unpaired) electrons. The van der Waals surface area contributed by atoms with Gasteiger partial charge < -0.3 is 29.7 Å². The summed E-state index contributed by atoms with van der Waals surface area (Å²) >= 11 is 0. The van der Waals surface area contributed by atoms with Crippen LogP contribution in [0.2, 0.25) is 0 Å². The van der Waals surface area contributed by atoms with Crippen molar-refractivity contribution in [3.63, 3.8) is 0 Å². The van der Waals surface area contributed by atoms with Crippen molar-refractivity contribution in [2.24, 2.45) is 0 Å². The molecule has 0 spiro atoms. The van der Waals surface area contributed by atoms with Crippen LogP contribution in [0.4, 0.5) is 9.59 Å². The van der Waals surface area contributed by atoms with E-state index in [4.69, 9.17) is 14.2 Å². The van der Waals surface area contributed by atoms with Gasteiger partial charge in [-0.15, -0.1) is 0 Å². The van der Waals surface area contributed by atoms with E-state index >= 15 is 0 Å². The number of benzene rings is 3. The maximum absolute atomic E-state index is 13.2. The molecule has 0 saturated heterocycles. The van der Waals surface area contributed by atoms with Crippen molar-refractivity contribution in [2.75, 3.05) is 20.2 Å². The van der Waals surface area contributed by atoms with Crippen molar-refractivity contribution in [3.05, 3.63) is 95.6 Å². The van der Waals surface area contributed by atoms with E-state index in [0.717, 1.165) is 16.7 Å². The molecule has 0 bridgehead atoms. The number of rotatable bonds is 12. The Morgan fingerprint density at radius 3 is 2.13 bits per heavy atom. The molecular formula is C31H39N3O5. The van der Waals surface area contributed by atoms with E-state index in [-0.39, 0.29) is 6.03 Å². The molecule has 8 nitrogen and oxygen atoms in total. The first-order chi connectivity index (χ1) is 18.7. The Morgan fingerprint density at radius 2 is 1.49 bits per heavy atom. The summed E-state index contributed by atoms with van der Waals surface area (Å²) in [5.41, 5.74) is 2.40. The Morgan fingerprint density at radius 1 is 0.821 bits per heavy atom. The number of ether oxygens (including phenoxy) is 3. The first kappa shape index (κ1) is 29.4. The average Bonchev–Trinajstić information content (AvgIpc) is 2.92. The Bertz CT molecular complexity index is 1180. The minimum atomic E-state index is -0.566. The fraction of sp³-hybridized carbons (Fsp3) is 0.355. The third kappa shape index (κ3) is 10.6. The van der Waals surface area contributed by atoms with Crippen LogP contribution in [0.3, 0.4) is 0 Å². The number of hydrogen-bond donors (Lipinski definition) is 2. The Kier molecular flexibility index (Phi) is 11.0. The van der Waals surface area contributed by atoms with Crippen LogP contribution < -0.4 is 20.1 Å². The second kappa shape index (κ2) is 14.7. The maximum atomic E-state index is 13.2. The molecular weight excluding hydrogens is 494 g/mol. The number of nitrogens with zero attached hydrogens (tertiary/aromatic N) is 1. The van der Waals surface area contributed by atoms with Gasteiger partial charge in [-0.05, 0) is 56.0 Å². The lowest BCUT2D eigenvalue weighted by Gasteiger charge is -2.24. The van der Waals surface area contributed by atoms with Crippen LogP contribution in [-0.4, -0.2) is 42.8 Å². The normalized spacial score (nSPS) is 10.9. The molecule has 0 unspecified atom stereocenters. The zero-order valence-electron chi connectivity index (χ0n) is 23.2. The van der Waals surface area contributed by atoms with Gasteiger partial charge in [0.2, 0.25) is 0 Å². The molecule has 3 aromatic rings. The van der Waals surface area contributed by atoms with Crippen LogP contribution in [0.25, 0.3) is 0 Å². The third-order valence-corrected chi connectivity index (χ3v) is 5.69. The summed E-state index contributed by atoms with van der Waals surface area (Å²) in [5.74, 6) is 1.23. The van der Waals surface area contributed by atoms with E-state index in [1.807, 2.05) is 99.6 Å². The van der Waals surface area contributed by atoms with Crippen molar-refractivity contribution in [1.82, 2.24) is 15.5 Å². The topological polar surface area (TPSA) is 89.1 Å². The minimum absolute atomic E-state index is 0.195. The third-order valence-electron chi connectivity index (χ3n) is 5.69. The predicted octanol–water partition coefficient (Wildman–Crippen LogP) is 5.90. The van der Waals surface area contributed by atoms with E-state index in [1.54, 1.807) is 12.0 Å². The predicted molar refractivity (Wildman–Crippen MR) is 152 cm³/mol.